The molecule has 0 saturated heterocycles. The van der Waals surface area contributed by atoms with Gasteiger partial charge in [-0.25, -0.2) is 9.59 Å². The molecule has 1 aromatic rings. The van der Waals surface area contributed by atoms with Crippen molar-refractivity contribution in [2.45, 2.75) is 12.8 Å². The maximum Gasteiger partial charge on any atom is 0.338 e. The predicted octanol–water partition coefficient (Wildman–Crippen LogP) is -1.43. The number of carboxylic acid groups (broad SMARTS) is 1. The maximum atomic E-state index is 12.4. The molecule has 0 heterocycles. The Kier molecular flexibility index (Phi) is 8.62. The third-order valence-corrected chi connectivity index (χ3v) is 4.12. The summed E-state index contributed by atoms with van der Waals surface area (Å²) in [5.41, 5.74) is -1.01. The Balaban J connectivity index is 3.23. The Hall–Kier alpha value is -2.04. The summed E-state index contributed by atoms with van der Waals surface area (Å²) >= 11 is 0. The molecule has 9 heteroatoms. The molecule has 146 valence electrons. The Labute approximate surface area is 150 Å². The first kappa shape index (κ1) is 22.0. The van der Waals surface area contributed by atoms with E-state index in [1.165, 1.54) is 12.1 Å². The van der Waals surface area contributed by atoms with Gasteiger partial charge < -0.3 is 35.4 Å². The monoisotopic (exact) mass is 372 g/mol. The van der Waals surface area contributed by atoms with Crippen molar-refractivity contribution in [3.63, 3.8) is 0 Å². The molecular formula is C17H24O9. The summed E-state index contributed by atoms with van der Waals surface area (Å²) in [6, 6.07) is 2.46. The third kappa shape index (κ3) is 4.99. The first-order valence-corrected chi connectivity index (χ1v) is 7.99. The number of ether oxygens (including phenoxy) is 1. The molecule has 6 N–H and O–H groups in total. The number of esters is 1. The van der Waals surface area contributed by atoms with Crippen molar-refractivity contribution in [2.75, 3.05) is 39.6 Å². The van der Waals surface area contributed by atoms with Crippen LogP contribution in [-0.2, 0) is 17.6 Å². The van der Waals surface area contributed by atoms with Gasteiger partial charge in [0.25, 0.3) is 0 Å². The van der Waals surface area contributed by atoms with Crippen LogP contribution in [0.25, 0.3) is 0 Å². The van der Waals surface area contributed by atoms with Crippen LogP contribution in [0.4, 0.5) is 0 Å². The number of hydrogen-bond donors (Lipinski definition) is 6. The van der Waals surface area contributed by atoms with Crippen LogP contribution in [-0.4, -0.2) is 82.2 Å². The number of carboxylic acids is 1. The zero-order valence-corrected chi connectivity index (χ0v) is 14.2. The van der Waals surface area contributed by atoms with E-state index in [0.29, 0.717) is 0 Å². The Morgan fingerprint density at radius 2 is 1.31 bits per heavy atom. The molecule has 26 heavy (non-hydrogen) atoms. The van der Waals surface area contributed by atoms with Crippen molar-refractivity contribution in [1.29, 1.82) is 0 Å². The lowest BCUT2D eigenvalue weighted by Gasteiger charge is -2.26. The molecule has 0 spiro atoms. The van der Waals surface area contributed by atoms with Gasteiger partial charge in [0.1, 0.15) is 6.61 Å². The van der Waals surface area contributed by atoms with E-state index in [-0.39, 0.29) is 48.3 Å². The van der Waals surface area contributed by atoms with Crippen LogP contribution in [0.15, 0.2) is 12.1 Å². The number of aliphatic hydroxyl groups excluding tert-OH is 5. The molecule has 1 aromatic carbocycles. The highest BCUT2D eigenvalue weighted by molar-refractivity contribution is 5.96. The van der Waals surface area contributed by atoms with Gasteiger partial charge in [-0.2, -0.15) is 0 Å². The van der Waals surface area contributed by atoms with Gasteiger partial charge in [0.05, 0.1) is 36.4 Å². The van der Waals surface area contributed by atoms with Gasteiger partial charge in [-0.1, -0.05) is 0 Å². The second-order valence-electron chi connectivity index (χ2n) is 5.92. The van der Waals surface area contributed by atoms with Crippen LogP contribution < -0.4 is 0 Å². The van der Waals surface area contributed by atoms with Gasteiger partial charge in [-0.3, -0.25) is 0 Å². The lowest BCUT2D eigenvalue weighted by molar-refractivity contribution is -0.0441. The number of rotatable bonds is 11. The number of carbonyl (C=O) groups is 2. The molecule has 9 nitrogen and oxygen atoms in total. The fourth-order valence-corrected chi connectivity index (χ4v) is 2.46. The smallest absolute Gasteiger partial charge is 0.338 e. The molecule has 0 fully saturated rings. The number of benzene rings is 1. The summed E-state index contributed by atoms with van der Waals surface area (Å²) in [4.78, 5) is 23.8. The van der Waals surface area contributed by atoms with E-state index in [0.717, 1.165) is 0 Å². The first-order valence-electron chi connectivity index (χ1n) is 7.99. The number of aromatic carboxylic acids is 1. The minimum Gasteiger partial charge on any atom is -0.478 e. The van der Waals surface area contributed by atoms with Crippen LogP contribution in [0.2, 0.25) is 0 Å². The molecule has 0 atom stereocenters. The highest BCUT2D eigenvalue weighted by Crippen LogP contribution is 2.23. The van der Waals surface area contributed by atoms with E-state index in [1.807, 2.05) is 0 Å². The van der Waals surface area contributed by atoms with Crippen LogP contribution in [0.3, 0.4) is 0 Å². The fourth-order valence-electron chi connectivity index (χ4n) is 2.46. The van der Waals surface area contributed by atoms with Crippen LogP contribution >= 0.6 is 0 Å². The lowest BCUT2D eigenvalue weighted by atomic mass is 9.91. The molecule has 0 bridgehead atoms. The molecule has 0 unspecified atom stereocenters. The third-order valence-electron chi connectivity index (χ3n) is 4.12. The summed E-state index contributed by atoms with van der Waals surface area (Å²) in [6.45, 7) is -2.97. The summed E-state index contributed by atoms with van der Waals surface area (Å²) in [5, 5.41) is 55.6. The number of carbonyl (C=O) groups excluding carboxylic acids is 1. The van der Waals surface area contributed by atoms with Gasteiger partial charge >= 0.3 is 11.9 Å². The van der Waals surface area contributed by atoms with Crippen LogP contribution in [0.1, 0.15) is 31.8 Å². The summed E-state index contributed by atoms with van der Waals surface area (Å²) < 4.78 is 5.08. The second kappa shape index (κ2) is 10.2. The minimum absolute atomic E-state index is 0.00946. The Morgan fingerprint density at radius 1 is 0.846 bits per heavy atom. The number of aliphatic hydroxyl groups is 5. The van der Waals surface area contributed by atoms with Crippen molar-refractivity contribution >= 4 is 11.9 Å². The zero-order chi connectivity index (χ0) is 19.7. The molecule has 0 aliphatic carbocycles. The van der Waals surface area contributed by atoms with Crippen LogP contribution in [0.5, 0.6) is 0 Å². The molecule has 0 saturated carbocycles. The topological polar surface area (TPSA) is 165 Å². The van der Waals surface area contributed by atoms with Crippen molar-refractivity contribution < 1.29 is 45.0 Å². The standard InChI is InChI=1S/C17H24O9/c18-5-3-11-12(4-6-19)14(2-1-13(11)15(23)24)16(25)26-10-17(7-20,8-21)9-22/h1-2,18-22H,3-10H2,(H,23,24). The van der Waals surface area contributed by atoms with Gasteiger partial charge in [0, 0.05) is 13.2 Å². The SMILES string of the molecule is O=C(O)c1ccc(C(=O)OCC(CO)(CO)CO)c(CCO)c1CCO. The average molecular weight is 372 g/mol. The van der Waals surface area contributed by atoms with Crippen molar-refractivity contribution in [3.8, 4) is 0 Å². The van der Waals surface area contributed by atoms with Crippen molar-refractivity contribution in [3.05, 3.63) is 34.4 Å². The highest BCUT2D eigenvalue weighted by atomic mass is 16.5. The second-order valence-corrected chi connectivity index (χ2v) is 5.92. The van der Waals surface area contributed by atoms with E-state index >= 15 is 0 Å². The van der Waals surface area contributed by atoms with E-state index < -0.39 is 43.8 Å². The minimum atomic E-state index is -1.40. The van der Waals surface area contributed by atoms with E-state index in [1.54, 1.807) is 0 Å². The highest BCUT2D eigenvalue weighted by Gasteiger charge is 2.31. The fraction of sp³-hybridized carbons (Fsp3) is 0.529. The maximum absolute atomic E-state index is 12.4. The predicted molar refractivity (Wildman–Crippen MR) is 89.0 cm³/mol. The molecular weight excluding hydrogens is 348 g/mol. The normalized spacial score (nSPS) is 11.4. The molecule has 0 radical (unpaired) electrons. The van der Waals surface area contributed by atoms with Gasteiger partial charge in [-0.05, 0) is 36.1 Å². The average Bonchev–Trinajstić information content (AvgIpc) is 2.64. The zero-order valence-electron chi connectivity index (χ0n) is 14.2. The number of hydrogen-bond acceptors (Lipinski definition) is 8. The molecule has 0 aromatic heterocycles. The molecule has 1 rings (SSSR count). The molecule has 0 amide bonds. The first-order chi connectivity index (χ1) is 12.4. The van der Waals surface area contributed by atoms with E-state index in [2.05, 4.69) is 0 Å². The Morgan fingerprint density at radius 3 is 1.73 bits per heavy atom. The Bertz CT molecular complexity index is 615. The van der Waals surface area contributed by atoms with E-state index in [9.17, 15) is 40.2 Å². The van der Waals surface area contributed by atoms with Gasteiger partial charge in [0.15, 0.2) is 0 Å². The van der Waals surface area contributed by atoms with Gasteiger partial charge in [-0.15, -0.1) is 0 Å². The van der Waals surface area contributed by atoms with Crippen LogP contribution in [0, 0.1) is 5.41 Å². The largest absolute Gasteiger partial charge is 0.478 e. The summed E-state index contributed by atoms with van der Waals surface area (Å²) in [7, 11) is 0. The van der Waals surface area contributed by atoms with Crippen molar-refractivity contribution in [2.24, 2.45) is 5.41 Å². The molecule has 0 aliphatic rings. The quantitative estimate of drug-likeness (QED) is 0.256. The van der Waals surface area contributed by atoms with Gasteiger partial charge in [0.2, 0.25) is 0 Å². The molecule has 0 aliphatic heterocycles. The van der Waals surface area contributed by atoms with E-state index in [4.69, 9.17) is 4.74 Å². The lowest BCUT2D eigenvalue weighted by Crippen LogP contribution is -2.39. The summed E-state index contributed by atoms with van der Waals surface area (Å²) in [6.07, 6.45) is -0.0437. The summed E-state index contributed by atoms with van der Waals surface area (Å²) in [5.74, 6) is -2.09. The van der Waals surface area contributed by atoms with Crippen molar-refractivity contribution in [1.82, 2.24) is 0 Å².